The van der Waals surface area contributed by atoms with Gasteiger partial charge in [0.05, 0.1) is 12.2 Å². The Morgan fingerprint density at radius 1 is 0.964 bits per heavy atom. The highest BCUT2D eigenvalue weighted by Crippen LogP contribution is 2.36. The molecule has 2 saturated carbocycles. The molecule has 2 heteroatoms. The van der Waals surface area contributed by atoms with Crippen LogP contribution in [0, 0.1) is 23.2 Å². The van der Waals surface area contributed by atoms with Crippen molar-refractivity contribution in [3.05, 3.63) is 59.7 Å². The van der Waals surface area contributed by atoms with E-state index in [1.165, 1.54) is 68.6 Å². The van der Waals surface area contributed by atoms with E-state index >= 15 is 0 Å². The van der Waals surface area contributed by atoms with Crippen LogP contribution in [0.5, 0.6) is 0 Å². The van der Waals surface area contributed by atoms with Crippen LogP contribution in [-0.4, -0.2) is 12.7 Å². The number of ether oxygens (including phenoxy) is 1. The molecule has 1 aromatic carbocycles. The van der Waals surface area contributed by atoms with Crippen LogP contribution in [0.2, 0.25) is 0 Å². The van der Waals surface area contributed by atoms with Gasteiger partial charge in [0, 0.05) is 12.7 Å². The fourth-order valence-corrected chi connectivity index (χ4v) is 4.73. The molecular formula is C26H35NO. The molecule has 3 rings (SSSR count). The van der Waals surface area contributed by atoms with Gasteiger partial charge in [-0.1, -0.05) is 49.4 Å². The Morgan fingerprint density at radius 2 is 1.68 bits per heavy atom. The normalized spacial score (nSPS) is 28.6. The van der Waals surface area contributed by atoms with Gasteiger partial charge >= 0.3 is 0 Å². The Labute approximate surface area is 171 Å². The summed E-state index contributed by atoms with van der Waals surface area (Å²) in [6, 6.07) is 11.3. The molecule has 0 radical (unpaired) electrons. The van der Waals surface area contributed by atoms with Crippen molar-refractivity contribution in [1.82, 2.24) is 0 Å². The number of nitriles is 1. The Kier molecular flexibility index (Phi) is 8.37. The van der Waals surface area contributed by atoms with Gasteiger partial charge < -0.3 is 4.74 Å². The van der Waals surface area contributed by atoms with E-state index < -0.39 is 0 Å². The van der Waals surface area contributed by atoms with E-state index in [1.807, 2.05) is 18.2 Å². The molecule has 2 nitrogen and oxygen atoms in total. The van der Waals surface area contributed by atoms with E-state index in [0.717, 1.165) is 24.9 Å². The van der Waals surface area contributed by atoms with E-state index in [1.54, 1.807) is 0 Å². The van der Waals surface area contributed by atoms with Crippen LogP contribution in [0.1, 0.15) is 75.3 Å². The van der Waals surface area contributed by atoms with Crippen LogP contribution in [0.15, 0.2) is 48.6 Å². The van der Waals surface area contributed by atoms with Gasteiger partial charge in [0.25, 0.3) is 0 Å². The first kappa shape index (κ1) is 20.9. The third kappa shape index (κ3) is 6.35. The van der Waals surface area contributed by atoms with Crippen molar-refractivity contribution in [3.63, 3.8) is 0 Å². The maximum atomic E-state index is 8.51. The van der Waals surface area contributed by atoms with Crippen molar-refractivity contribution in [2.75, 3.05) is 6.61 Å². The van der Waals surface area contributed by atoms with Crippen molar-refractivity contribution < 1.29 is 4.74 Å². The van der Waals surface area contributed by atoms with Crippen molar-refractivity contribution in [3.8, 4) is 6.07 Å². The van der Waals surface area contributed by atoms with Crippen molar-refractivity contribution in [2.45, 2.75) is 76.7 Å². The van der Waals surface area contributed by atoms with Crippen LogP contribution in [-0.2, 0) is 11.2 Å². The lowest BCUT2D eigenvalue weighted by Gasteiger charge is -2.32. The molecule has 0 amide bonds. The fourth-order valence-electron chi connectivity index (χ4n) is 4.73. The third-order valence-corrected chi connectivity index (χ3v) is 6.66. The first-order chi connectivity index (χ1) is 13.8. The zero-order valence-corrected chi connectivity index (χ0v) is 17.4. The quantitative estimate of drug-likeness (QED) is 0.389. The van der Waals surface area contributed by atoms with Crippen LogP contribution in [0.3, 0.4) is 0 Å². The first-order valence-electron chi connectivity index (χ1n) is 11.2. The molecule has 2 aliphatic carbocycles. The Hall–Kier alpha value is -1.85. The Bertz CT molecular complexity index is 665. The lowest BCUT2D eigenvalue weighted by Crippen LogP contribution is -2.25. The second kappa shape index (κ2) is 11.2. The predicted molar refractivity (Wildman–Crippen MR) is 116 cm³/mol. The molecule has 28 heavy (non-hydrogen) atoms. The molecule has 0 bridgehead atoms. The summed E-state index contributed by atoms with van der Waals surface area (Å²) in [4.78, 5) is 0. The molecule has 2 fully saturated rings. The van der Waals surface area contributed by atoms with Crippen LogP contribution >= 0.6 is 0 Å². The van der Waals surface area contributed by atoms with Gasteiger partial charge in [-0.05, 0) is 86.7 Å². The average Bonchev–Trinajstić information content (AvgIpc) is 2.76. The van der Waals surface area contributed by atoms with E-state index in [-0.39, 0.29) is 0 Å². The lowest BCUT2D eigenvalue weighted by atomic mass is 9.79. The van der Waals surface area contributed by atoms with E-state index in [9.17, 15) is 0 Å². The highest BCUT2D eigenvalue weighted by atomic mass is 16.5. The van der Waals surface area contributed by atoms with E-state index in [4.69, 9.17) is 10.00 Å². The van der Waals surface area contributed by atoms with Crippen molar-refractivity contribution >= 4 is 0 Å². The highest BCUT2D eigenvalue weighted by Gasteiger charge is 2.25. The summed E-state index contributed by atoms with van der Waals surface area (Å²) in [7, 11) is 0. The first-order valence-corrected chi connectivity index (χ1v) is 11.2. The summed E-state index contributed by atoms with van der Waals surface area (Å²) in [6.07, 6.45) is 19.2. The van der Waals surface area contributed by atoms with Gasteiger partial charge in [0.1, 0.15) is 0 Å². The van der Waals surface area contributed by atoms with Gasteiger partial charge in [0.15, 0.2) is 0 Å². The zero-order chi connectivity index (χ0) is 19.6. The molecule has 0 aliphatic heterocycles. The summed E-state index contributed by atoms with van der Waals surface area (Å²) < 4.78 is 6.30. The Morgan fingerprint density at radius 3 is 2.32 bits per heavy atom. The van der Waals surface area contributed by atoms with Gasteiger partial charge in [-0.25, -0.2) is 0 Å². The number of benzene rings is 1. The largest absolute Gasteiger partial charge is 0.378 e. The topological polar surface area (TPSA) is 33.0 Å². The molecule has 0 saturated heterocycles. The molecule has 150 valence electrons. The molecule has 0 heterocycles. The molecule has 2 aliphatic rings. The smallest absolute Gasteiger partial charge is 0.0912 e. The summed E-state index contributed by atoms with van der Waals surface area (Å²) in [5.41, 5.74) is 2.97. The number of allylic oxidation sites excluding steroid dienone is 4. The minimum atomic E-state index is 0.457. The second-order valence-electron chi connectivity index (χ2n) is 8.56. The molecule has 0 aromatic heterocycles. The predicted octanol–water partition coefficient (Wildman–Crippen LogP) is 6.73. The molecular weight excluding hydrogens is 342 g/mol. The number of nitrogens with zero attached hydrogens (tertiary/aromatic N) is 1. The maximum absolute atomic E-state index is 8.51. The van der Waals surface area contributed by atoms with Crippen molar-refractivity contribution in [2.24, 2.45) is 11.8 Å². The second-order valence-corrected chi connectivity index (χ2v) is 8.56. The van der Waals surface area contributed by atoms with E-state index in [2.05, 4.69) is 37.3 Å². The van der Waals surface area contributed by atoms with Gasteiger partial charge in [-0.15, -0.1) is 0 Å². The SMILES string of the molecule is CCc1ccc(C2CCC(COC3CCC(/C=C/C=C/C#N)CC3)CC2)cc1. The summed E-state index contributed by atoms with van der Waals surface area (Å²) in [5, 5.41) is 8.51. The molecule has 0 atom stereocenters. The summed E-state index contributed by atoms with van der Waals surface area (Å²) >= 11 is 0. The van der Waals surface area contributed by atoms with Crippen LogP contribution < -0.4 is 0 Å². The minimum Gasteiger partial charge on any atom is -0.378 e. The Balaban J connectivity index is 1.33. The van der Waals surface area contributed by atoms with Gasteiger partial charge in [0.2, 0.25) is 0 Å². The monoisotopic (exact) mass is 377 g/mol. The number of rotatable bonds is 7. The highest BCUT2D eigenvalue weighted by molar-refractivity contribution is 5.25. The fraction of sp³-hybridized carbons (Fsp3) is 0.577. The molecule has 0 spiro atoms. The minimum absolute atomic E-state index is 0.457. The maximum Gasteiger partial charge on any atom is 0.0912 e. The number of aryl methyl sites for hydroxylation is 1. The van der Waals surface area contributed by atoms with Crippen LogP contribution in [0.25, 0.3) is 0 Å². The van der Waals surface area contributed by atoms with E-state index in [0.29, 0.717) is 12.0 Å². The molecule has 1 aromatic rings. The number of hydrogen-bond donors (Lipinski definition) is 0. The third-order valence-electron chi connectivity index (χ3n) is 6.66. The summed E-state index contributed by atoms with van der Waals surface area (Å²) in [5.74, 6) is 2.15. The zero-order valence-electron chi connectivity index (χ0n) is 17.4. The average molecular weight is 378 g/mol. The van der Waals surface area contributed by atoms with Crippen molar-refractivity contribution in [1.29, 1.82) is 5.26 Å². The lowest BCUT2D eigenvalue weighted by molar-refractivity contribution is -0.00456. The summed E-state index contributed by atoms with van der Waals surface area (Å²) in [6.45, 7) is 3.18. The molecule has 0 N–H and O–H groups in total. The standard InChI is InChI=1S/C26H35NO/c1-2-21-7-13-24(14-8-21)25-15-9-23(10-16-25)20-28-26-17-11-22(12-18-26)6-4-3-5-19-27/h3-8,13-14,22-23,25-26H,2,9-12,15-18,20H2,1H3/b5-3+,6-4+. The van der Waals surface area contributed by atoms with Gasteiger partial charge in [-0.2, -0.15) is 5.26 Å². The van der Waals surface area contributed by atoms with Crippen LogP contribution in [0.4, 0.5) is 0 Å². The molecule has 0 unspecified atom stereocenters. The van der Waals surface area contributed by atoms with Gasteiger partial charge in [-0.3, -0.25) is 0 Å². The number of hydrogen-bond acceptors (Lipinski definition) is 2.